The van der Waals surface area contributed by atoms with Gasteiger partial charge in [-0.3, -0.25) is 0 Å². The molecule has 1 aromatic rings. The first-order valence-corrected chi connectivity index (χ1v) is 5.61. The summed E-state index contributed by atoms with van der Waals surface area (Å²) in [4.78, 5) is 0. The molecular weight excluding hydrogens is 170 g/mol. The van der Waals surface area contributed by atoms with E-state index in [1.54, 1.807) is 0 Å². The smallest absolute Gasteiger partial charge is 0.00199 e. The van der Waals surface area contributed by atoms with Gasteiger partial charge in [-0.15, -0.1) is 0 Å². The molecule has 76 valence electrons. The standard InChI is InChI=1S/C13H19N/c1-11-2-4-12(5-3-11)6-7-13-8-9-14-10-13/h2-5,13-14H,6-10H2,1H3. The summed E-state index contributed by atoms with van der Waals surface area (Å²) in [5.74, 6) is 0.913. The molecule has 1 aliphatic rings. The first-order chi connectivity index (χ1) is 6.84. The molecular formula is C13H19N. The van der Waals surface area contributed by atoms with E-state index >= 15 is 0 Å². The maximum absolute atomic E-state index is 3.42. The van der Waals surface area contributed by atoms with Gasteiger partial charge in [0.25, 0.3) is 0 Å². The molecule has 1 saturated heterocycles. The van der Waals surface area contributed by atoms with Crippen LogP contribution in [0.15, 0.2) is 24.3 Å². The second kappa shape index (κ2) is 4.61. The Morgan fingerprint density at radius 2 is 2.07 bits per heavy atom. The third-order valence-corrected chi connectivity index (χ3v) is 3.12. The van der Waals surface area contributed by atoms with Gasteiger partial charge in [0, 0.05) is 0 Å². The molecule has 1 atom stereocenters. The van der Waals surface area contributed by atoms with E-state index in [1.807, 2.05) is 0 Å². The molecule has 1 fully saturated rings. The topological polar surface area (TPSA) is 12.0 Å². The molecule has 0 radical (unpaired) electrons. The summed E-state index contributed by atoms with van der Waals surface area (Å²) in [7, 11) is 0. The molecule has 1 heterocycles. The Bertz CT molecular complexity index is 270. The van der Waals surface area contributed by atoms with Gasteiger partial charge < -0.3 is 5.32 Å². The summed E-state index contributed by atoms with van der Waals surface area (Å²) in [5, 5.41) is 3.42. The Hall–Kier alpha value is -0.820. The van der Waals surface area contributed by atoms with Crippen molar-refractivity contribution >= 4 is 0 Å². The van der Waals surface area contributed by atoms with Crippen molar-refractivity contribution in [1.29, 1.82) is 0 Å². The van der Waals surface area contributed by atoms with E-state index in [-0.39, 0.29) is 0 Å². The van der Waals surface area contributed by atoms with Gasteiger partial charge in [0.1, 0.15) is 0 Å². The number of aryl methyl sites for hydroxylation is 2. The number of benzene rings is 1. The number of hydrogen-bond donors (Lipinski definition) is 1. The molecule has 2 rings (SSSR count). The fourth-order valence-corrected chi connectivity index (χ4v) is 2.09. The van der Waals surface area contributed by atoms with E-state index in [9.17, 15) is 0 Å². The predicted octanol–water partition coefficient (Wildman–Crippen LogP) is 2.54. The zero-order chi connectivity index (χ0) is 9.80. The van der Waals surface area contributed by atoms with Gasteiger partial charge in [0.2, 0.25) is 0 Å². The van der Waals surface area contributed by atoms with Crippen LogP contribution in [0.1, 0.15) is 24.0 Å². The van der Waals surface area contributed by atoms with Crippen LogP contribution in [0.25, 0.3) is 0 Å². The summed E-state index contributed by atoms with van der Waals surface area (Å²) >= 11 is 0. The molecule has 0 aliphatic carbocycles. The van der Waals surface area contributed by atoms with Gasteiger partial charge in [-0.1, -0.05) is 29.8 Å². The lowest BCUT2D eigenvalue weighted by molar-refractivity contribution is 0.533. The summed E-state index contributed by atoms with van der Waals surface area (Å²) in [6.45, 7) is 4.59. The molecule has 1 nitrogen and oxygen atoms in total. The summed E-state index contributed by atoms with van der Waals surface area (Å²) in [6, 6.07) is 8.94. The summed E-state index contributed by atoms with van der Waals surface area (Å²) in [6.07, 6.45) is 3.95. The second-order valence-corrected chi connectivity index (χ2v) is 4.38. The predicted molar refractivity (Wildman–Crippen MR) is 60.5 cm³/mol. The Labute approximate surface area is 86.5 Å². The molecule has 0 aromatic heterocycles. The first kappa shape index (κ1) is 9.72. The number of nitrogens with one attached hydrogen (secondary N) is 1. The van der Waals surface area contributed by atoms with Gasteiger partial charge in [-0.25, -0.2) is 0 Å². The molecule has 1 heteroatoms. The summed E-state index contributed by atoms with van der Waals surface area (Å²) < 4.78 is 0. The lowest BCUT2D eigenvalue weighted by Crippen LogP contribution is -2.09. The van der Waals surface area contributed by atoms with Gasteiger partial charge in [-0.05, 0) is 50.8 Å². The Morgan fingerprint density at radius 1 is 1.29 bits per heavy atom. The molecule has 1 aliphatic heterocycles. The van der Waals surface area contributed by atoms with E-state index in [0.29, 0.717) is 0 Å². The van der Waals surface area contributed by atoms with Crippen molar-refractivity contribution in [2.45, 2.75) is 26.2 Å². The van der Waals surface area contributed by atoms with Gasteiger partial charge in [0.15, 0.2) is 0 Å². The molecule has 1 N–H and O–H groups in total. The number of hydrogen-bond acceptors (Lipinski definition) is 1. The third-order valence-electron chi connectivity index (χ3n) is 3.12. The van der Waals surface area contributed by atoms with Crippen LogP contribution >= 0.6 is 0 Å². The minimum absolute atomic E-state index is 0.913. The largest absolute Gasteiger partial charge is 0.316 e. The minimum Gasteiger partial charge on any atom is -0.316 e. The first-order valence-electron chi connectivity index (χ1n) is 5.61. The number of rotatable bonds is 3. The molecule has 1 aromatic carbocycles. The van der Waals surface area contributed by atoms with Crippen molar-refractivity contribution in [3.05, 3.63) is 35.4 Å². The average molecular weight is 189 g/mol. The zero-order valence-corrected chi connectivity index (χ0v) is 8.92. The lowest BCUT2D eigenvalue weighted by atomic mass is 9.98. The van der Waals surface area contributed by atoms with Crippen LogP contribution in [0.2, 0.25) is 0 Å². The van der Waals surface area contributed by atoms with Crippen molar-refractivity contribution in [3.8, 4) is 0 Å². The van der Waals surface area contributed by atoms with Crippen molar-refractivity contribution < 1.29 is 0 Å². The quantitative estimate of drug-likeness (QED) is 0.770. The highest BCUT2D eigenvalue weighted by molar-refractivity contribution is 5.21. The Kier molecular flexibility index (Phi) is 3.20. The minimum atomic E-state index is 0.913. The van der Waals surface area contributed by atoms with E-state index in [2.05, 4.69) is 36.5 Å². The van der Waals surface area contributed by atoms with Crippen molar-refractivity contribution in [1.82, 2.24) is 5.32 Å². The molecule has 0 amide bonds. The normalized spacial score (nSPS) is 21.4. The van der Waals surface area contributed by atoms with Gasteiger partial charge >= 0.3 is 0 Å². The highest BCUT2D eigenvalue weighted by Gasteiger charge is 2.13. The second-order valence-electron chi connectivity index (χ2n) is 4.38. The van der Waals surface area contributed by atoms with Gasteiger partial charge in [-0.2, -0.15) is 0 Å². The van der Waals surface area contributed by atoms with Crippen LogP contribution in [-0.4, -0.2) is 13.1 Å². The van der Waals surface area contributed by atoms with Gasteiger partial charge in [0.05, 0.1) is 0 Å². The fraction of sp³-hybridized carbons (Fsp3) is 0.538. The van der Waals surface area contributed by atoms with Crippen LogP contribution in [0.4, 0.5) is 0 Å². The monoisotopic (exact) mass is 189 g/mol. The molecule has 0 spiro atoms. The van der Waals surface area contributed by atoms with Crippen LogP contribution in [0, 0.1) is 12.8 Å². The molecule has 0 saturated carbocycles. The Morgan fingerprint density at radius 3 is 2.71 bits per heavy atom. The van der Waals surface area contributed by atoms with Crippen LogP contribution in [0.5, 0.6) is 0 Å². The highest BCUT2D eigenvalue weighted by atomic mass is 14.9. The van der Waals surface area contributed by atoms with E-state index in [0.717, 1.165) is 5.92 Å². The van der Waals surface area contributed by atoms with Crippen LogP contribution in [0.3, 0.4) is 0 Å². The SMILES string of the molecule is Cc1ccc(CCC2CCNC2)cc1. The van der Waals surface area contributed by atoms with E-state index < -0.39 is 0 Å². The van der Waals surface area contributed by atoms with E-state index in [1.165, 1.54) is 43.5 Å². The molecule has 1 unspecified atom stereocenters. The average Bonchev–Trinajstić information content (AvgIpc) is 2.70. The fourth-order valence-electron chi connectivity index (χ4n) is 2.09. The maximum Gasteiger partial charge on any atom is -0.00199 e. The van der Waals surface area contributed by atoms with Crippen molar-refractivity contribution in [3.63, 3.8) is 0 Å². The third kappa shape index (κ3) is 2.58. The summed E-state index contributed by atoms with van der Waals surface area (Å²) in [5.41, 5.74) is 2.85. The molecule has 14 heavy (non-hydrogen) atoms. The highest BCUT2D eigenvalue weighted by Crippen LogP contribution is 2.16. The zero-order valence-electron chi connectivity index (χ0n) is 8.92. The van der Waals surface area contributed by atoms with Crippen LogP contribution in [-0.2, 0) is 6.42 Å². The van der Waals surface area contributed by atoms with E-state index in [4.69, 9.17) is 0 Å². The Balaban J connectivity index is 1.82. The maximum atomic E-state index is 3.42. The lowest BCUT2D eigenvalue weighted by Gasteiger charge is -2.07. The van der Waals surface area contributed by atoms with Crippen LogP contribution < -0.4 is 5.32 Å². The van der Waals surface area contributed by atoms with Crippen molar-refractivity contribution in [2.24, 2.45) is 5.92 Å². The van der Waals surface area contributed by atoms with Crippen molar-refractivity contribution in [2.75, 3.05) is 13.1 Å². The molecule has 0 bridgehead atoms.